The van der Waals surface area contributed by atoms with Crippen molar-refractivity contribution in [2.75, 3.05) is 34.1 Å². The Morgan fingerprint density at radius 3 is 2.85 bits per heavy atom. The van der Waals surface area contributed by atoms with Crippen LogP contribution in [0.4, 0.5) is 0 Å². The molecule has 2 aliphatic heterocycles. The molecule has 0 N–H and O–H groups in total. The second kappa shape index (κ2) is 7.37. The van der Waals surface area contributed by atoms with E-state index in [1.807, 2.05) is 6.20 Å². The highest BCUT2D eigenvalue weighted by Gasteiger charge is 2.77. The lowest BCUT2D eigenvalue weighted by Gasteiger charge is -2.62. The van der Waals surface area contributed by atoms with Crippen LogP contribution >= 0.6 is 0 Å². The minimum Gasteiger partial charge on any atom is -0.359 e. The smallest absolute Gasteiger partial charge is 0.226 e. The van der Waals surface area contributed by atoms with Crippen LogP contribution in [0.1, 0.15) is 57.3 Å². The predicted molar refractivity (Wildman–Crippen MR) is 119 cm³/mol. The summed E-state index contributed by atoms with van der Waals surface area (Å²) in [5.41, 5.74) is 2.02. The highest BCUT2D eigenvalue weighted by Crippen LogP contribution is 2.71. The SMILES string of the molecule is COCOC1C[C@@]2(C)C(CC[C@@]23OCOC32COCO2)C2CCC3=Cc4oncc4C[C@]3(C)C12. The first kappa shape index (κ1) is 21.9. The largest absolute Gasteiger partial charge is 0.359 e. The summed E-state index contributed by atoms with van der Waals surface area (Å²) in [7, 11) is 1.70. The number of hydrogen-bond donors (Lipinski definition) is 0. The van der Waals surface area contributed by atoms with Gasteiger partial charge in [-0.05, 0) is 67.8 Å². The molecule has 0 radical (unpaired) electrons. The van der Waals surface area contributed by atoms with E-state index < -0.39 is 11.4 Å². The monoisotopic (exact) mass is 473 g/mol. The molecule has 8 heteroatoms. The molecular formula is C26H35NO7. The molecule has 34 heavy (non-hydrogen) atoms. The Balaban J connectivity index is 1.31. The summed E-state index contributed by atoms with van der Waals surface area (Å²) in [6, 6.07) is 0. The van der Waals surface area contributed by atoms with Crippen molar-refractivity contribution in [1.82, 2.24) is 5.16 Å². The molecule has 3 saturated carbocycles. The van der Waals surface area contributed by atoms with Gasteiger partial charge in [-0.25, -0.2) is 0 Å². The van der Waals surface area contributed by atoms with Crippen molar-refractivity contribution in [2.45, 2.75) is 69.9 Å². The van der Waals surface area contributed by atoms with Crippen molar-refractivity contribution >= 4 is 6.08 Å². The summed E-state index contributed by atoms with van der Waals surface area (Å²) < 4.78 is 42.2. The zero-order chi connectivity index (χ0) is 23.2. The maximum absolute atomic E-state index is 6.57. The lowest BCUT2D eigenvalue weighted by molar-refractivity contribution is -0.264. The van der Waals surface area contributed by atoms with Crippen molar-refractivity contribution in [3.63, 3.8) is 0 Å². The van der Waals surface area contributed by atoms with Crippen LogP contribution in [0.25, 0.3) is 6.08 Å². The van der Waals surface area contributed by atoms with E-state index >= 15 is 0 Å². The van der Waals surface area contributed by atoms with Gasteiger partial charge in [0.2, 0.25) is 5.79 Å². The molecule has 3 heterocycles. The number of aromatic nitrogens is 1. The van der Waals surface area contributed by atoms with Crippen LogP contribution in [-0.2, 0) is 34.8 Å². The summed E-state index contributed by atoms with van der Waals surface area (Å²) in [5, 5.41) is 4.09. The van der Waals surface area contributed by atoms with Crippen molar-refractivity contribution in [3.8, 4) is 0 Å². The number of ether oxygens (including phenoxy) is 6. The molecule has 6 aliphatic rings. The summed E-state index contributed by atoms with van der Waals surface area (Å²) >= 11 is 0. The van der Waals surface area contributed by atoms with Gasteiger partial charge < -0.3 is 32.9 Å². The average molecular weight is 474 g/mol. The molecule has 0 bridgehead atoms. The second-order valence-corrected chi connectivity index (χ2v) is 11.7. The number of fused-ring (bicyclic) bond motifs is 8. The van der Waals surface area contributed by atoms with Crippen molar-refractivity contribution in [1.29, 1.82) is 0 Å². The van der Waals surface area contributed by atoms with Crippen LogP contribution in [-0.4, -0.2) is 56.7 Å². The second-order valence-electron chi connectivity index (χ2n) is 11.7. The third-order valence-electron chi connectivity index (χ3n) is 10.6. The minimum absolute atomic E-state index is 0.00858. The van der Waals surface area contributed by atoms with E-state index in [1.165, 1.54) is 11.1 Å². The minimum atomic E-state index is -0.818. The molecule has 186 valence electrons. The molecule has 5 fully saturated rings. The van der Waals surface area contributed by atoms with E-state index in [1.54, 1.807) is 7.11 Å². The third-order valence-corrected chi connectivity index (χ3v) is 10.6. The first-order valence-electron chi connectivity index (χ1n) is 12.7. The molecule has 8 atom stereocenters. The van der Waals surface area contributed by atoms with Crippen molar-refractivity contribution in [3.05, 3.63) is 23.1 Å². The Morgan fingerprint density at radius 2 is 2.03 bits per heavy atom. The lowest BCUT2D eigenvalue weighted by Crippen LogP contribution is -2.66. The number of allylic oxidation sites excluding steroid dienone is 1. The molecule has 0 amide bonds. The molecule has 2 spiro atoms. The van der Waals surface area contributed by atoms with E-state index in [-0.39, 0.29) is 37.3 Å². The normalized spacial score (nSPS) is 49.1. The van der Waals surface area contributed by atoms with Crippen molar-refractivity contribution in [2.24, 2.45) is 28.6 Å². The summed E-state index contributed by atoms with van der Waals surface area (Å²) in [4.78, 5) is 0. The Kier molecular flexibility index (Phi) is 4.76. The van der Waals surface area contributed by atoms with Crippen LogP contribution in [0, 0.1) is 28.6 Å². The lowest BCUT2D eigenvalue weighted by atomic mass is 9.45. The Bertz CT molecular complexity index is 996. The van der Waals surface area contributed by atoms with Crippen LogP contribution in [0.2, 0.25) is 0 Å². The fourth-order valence-electron chi connectivity index (χ4n) is 9.27. The highest BCUT2D eigenvalue weighted by atomic mass is 16.9. The third kappa shape index (κ3) is 2.57. The molecule has 2 saturated heterocycles. The van der Waals surface area contributed by atoms with Crippen molar-refractivity contribution < 1.29 is 32.9 Å². The molecule has 1 aromatic heterocycles. The van der Waals surface area contributed by atoms with E-state index in [4.69, 9.17) is 32.9 Å². The van der Waals surface area contributed by atoms with Crippen LogP contribution in [0.3, 0.4) is 0 Å². The summed E-state index contributed by atoms with van der Waals surface area (Å²) in [6.45, 7) is 6.06. The molecule has 0 aromatic carbocycles. The highest BCUT2D eigenvalue weighted by molar-refractivity contribution is 5.57. The zero-order valence-electron chi connectivity index (χ0n) is 20.3. The number of methoxy groups -OCH3 is 1. The predicted octanol–water partition coefficient (Wildman–Crippen LogP) is 3.90. The molecule has 1 aromatic rings. The van der Waals surface area contributed by atoms with E-state index in [2.05, 4.69) is 25.1 Å². The maximum atomic E-state index is 6.57. The first-order chi connectivity index (χ1) is 16.5. The van der Waals surface area contributed by atoms with E-state index in [9.17, 15) is 0 Å². The van der Waals surface area contributed by atoms with Gasteiger partial charge in [0, 0.05) is 18.1 Å². The van der Waals surface area contributed by atoms with Gasteiger partial charge in [-0.1, -0.05) is 24.6 Å². The Labute approximate surface area is 200 Å². The van der Waals surface area contributed by atoms with Crippen LogP contribution in [0.15, 0.2) is 16.3 Å². The van der Waals surface area contributed by atoms with E-state index in [0.29, 0.717) is 24.4 Å². The fraction of sp³-hybridized carbons (Fsp3) is 0.808. The van der Waals surface area contributed by atoms with Gasteiger partial charge in [-0.3, -0.25) is 0 Å². The van der Waals surface area contributed by atoms with Gasteiger partial charge in [0.05, 0.1) is 12.3 Å². The quantitative estimate of drug-likeness (QED) is 0.612. The Morgan fingerprint density at radius 1 is 1.15 bits per heavy atom. The molecule has 8 nitrogen and oxygen atoms in total. The van der Waals surface area contributed by atoms with Gasteiger partial charge in [0.1, 0.15) is 19.0 Å². The molecule has 5 unspecified atom stereocenters. The number of nitrogens with zero attached hydrogens (tertiary/aromatic N) is 1. The van der Waals surface area contributed by atoms with Gasteiger partial charge in [-0.2, -0.15) is 0 Å². The maximum Gasteiger partial charge on any atom is 0.226 e. The van der Waals surface area contributed by atoms with Crippen LogP contribution in [0.5, 0.6) is 0 Å². The Hall–Kier alpha value is -1.29. The van der Waals surface area contributed by atoms with Gasteiger partial charge in [0.15, 0.2) is 19.3 Å². The van der Waals surface area contributed by atoms with Gasteiger partial charge >= 0.3 is 0 Å². The molecule has 7 rings (SSSR count). The van der Waals surface area contributed by atoms with E-state index in [0.717, 1.165) is 44.3 Å². The van der Waals surface area contributed by atoms with Crippen LogP contribution < -0.4 is 0 Å². The zero-order valence-corrected chi connectivity index (χ0v) is 20.3. The summed E-state index contributed by atoms with van der Waals surface area (Å²) in [6.07, 6.45) is 10.3. The van der Waals surface area contributed by atoms with Gasteiger partial charge in [-0.15, -0.1) is 0 Å². The average Bonchev–Trinajstić information content (AvgIpc) is 3.60. The molecule has 4 aliphatic carbocycles. The molecular weight excluding hydrogens is 438 g/mol. The fourth-order valence-corrected chi connectivity index (χ4v) is 9.27. The first-order valence-corrected chi connectivity index (χ1v) is 12.7. The standard InChI is InChI=1S/C26H35NO7/c1-23-9-16-11-27-34-20(16)8-17(23)4-5-18-19-6-7-25(26(33-15-31-25)12-29-14-32-26)24(19,2)10-21(22(18)23)30-13-28-3/h8,11,18-19,21-22H,4-7,9-10,12-15H2,1-3H3/t18?,19?,21?,22?,23-,24-,25+,26?/m0/s1. The number of hydrogen-bond acceptors (Lipinski definition) is 8. The number of rotatable bonds is 3. The topological polar surface area (TPSA) is 81.4 Å². The van der Waals surface area contributed by atoms with Gasteiger partial charge in [0.25, 0.3) is 0 Å². The summed E-state index contributed by atoms with van der Waals surface area (Å²) in [5.74, 6) is 1.52.